The molecule has 5 nitrogen and oxygen atoms in total. The zero-order chi connectivity index (χ0) is 14.4. The Morgan fingerprint density at radius 1 is 1.35 bits per heavy atom. The second kappa shape index (κ2) is 7.14. The zero-order valence-corrected chi connectivity index (χ0v) is 11.6. The van der Waals surface area contributed by atoms with Crippen LogP contribution in [0.4, 0.5) is 4.79 Å². The molecule has 2 amide bonds. The summed E-state index contributed by atoms with van der Waals surface area (Å²) in [5.74, 6) is 0.507. The summed E-state index contributed by atoms with van der Waals surface area (Å²) < 4.78 is 0. The molecule has 0 radical (unpaired) electrons. The number of aryl methyl sites for hydroxylation is 1. The molecule has 5 heteroatoms. The van der Waals surface area contributed by atoms with Gasteiger partial charge in [0, 0.05) is 32.2 Å². The predicted molar refractivity (Wildman–Crippen MR) is 76.6 cm³/mol. The Bertz CT molecular complexity index is 433. The summed E-state index contributed by atoms with van der Waals surface area (Å²) in [6, 6.07) is 7.10. The van der Waals surface area contributed by atoms with E-state index in [-0.39, 0.29) is 24.3 Å². The van der Waals surface area contributed by atoms with Crippen LogP contribution in [0.1, 0.15) is 18.4 Å². The van der Waals surface area contributed by atoms with Crippen molar-refractivity contribution >= 4 is 6.03 Å². The lowest BCUT2D eigenvalue weighted by atomic mass is 10.1. The highest BCUT2D eigenvalue weighted by molar-refractivity contribution is 5.74. The molecule has 0 spiro atoms. The van der Waals surface area contributed by atoms with Crippen LogP contribution in [0, 0.1) is 5.92 Å². The van der Waals surface area contributed by atoms with Crippen molar-refractivity contribution in [3.63, 3.8) is 0 Å². The fourth-order valence-electron chi connectivity index (χ4n) is 2.43. The van der Waals surface area contributed by atoms with Crippen molar-refractivity contribution in [3.8, 4) is 5.75 Å². The molecular weight excluding hydrogens is 256 g/mol. The summed E-state index contributed by atoms with van der Waals surface area (Å²) in [7, 11) is 0. The van der Waals surface area contributed by atoms with Crippen LogP contribution in [0.5, 0.6) is 5.75 Å². The molecule has 0 saturated carbocycles. The van der Waals surface area contributed by atoms with Crippen molar-refractivity contribution in [2.75, 3.05) is 26.2 Å². The minimum absolute atomic E-state index is 0.0355. The molecule has 1 fully saturated rings. The fraction of sp³-hybridized carbons (Fsp3) is 0.533. The van der Waals surface area contributed by atoms with E-state index in [0.717, 1.165) is 31.4 Å². The van der Waals surface area contributed by atoms with Gasteiger partial charge in [-0.1, -0.05) is 12.1 Å². The van der Waals surface area contributed by atoms with Crippen molar-refractivity contribution in [1.82, 2.24) is 10.2 Å². The summed E-state index contributed by atoms with van der Waals surface area (Å²) in [5.41, 5.74) is 1.15. The van der Waals surface area contributed by atoms with Crippen molar-refractivity contribution in [1.29, 1.82) is 0 Å². The lowest BCUT2D eigenvalue weighted by Crippen LogP contribution is -2.39. The molecule has 110 valence electrons. The number of phenols is 1. The number of aliphatic hydroxyl groups excluding tert-OH is 1. The van der Waals surface area contributed by atoms with Gasteiger partial charge in [-0.05, 0) is 37.0 Å². The molecule has 1 aromatic carbocycles. The lowest BCUT2D eigenvalue weighted by Gasteiger charge is -2.17. The van der Waals surface area contributed by atoms with Crippen LogP contribution in [0.15, 0.2) is 24.3 Å². The highest BCUT2D eigenvalue weighted by atomic mass is 16.3. The number of likely N-dealkylation sites (tertiary alicyclic amines) is 1. The molecule has 1 heterocycles. The Kier molecular flexibility index (Phi) is 5.24. The van der Waals surface area contributed by atoms with Crippen LogP contribution in [0.3, 0.4) is 0 Å². The Morgan fingerprint density at radius 3 is 2.75 bits per heavy atom. The number of nitrogens with one attached hydrogen (secondary N) is 1. The van der Waals surface area contributed by atoms with Gasteiger partial charge in [-0.2, -0.15) is 0 Å². The first-order chi connectivity index (χ1) is 9.69. The third-order valence-electron chi connectivity index (χ3n) is 3.69. The maximum atomic E-state index is 11.9. The zero-order valence-electron chi connectivity index (χ0n) is 11.6. The smallest absolute Gasteiger partial charge is 0.317 e. The molecule has 0 bridgehead atoms. The number of rotatable bonds is 5. The van der Waals surface area contributed by atoms with E-state index in [1.807, 2.05) is 12.1 Å². The Morgan fingerprint density at radius 2 is 2.10 bits per heavy atom. The summed E-state index contributed by atoms with van der Waals surface area (Å²) in [4.78, 5) is 13.6. The number of benzene rings is 1. The molecule has 0 aromatic heterocycles. The van der Waals surface area contributed by atoms with Gasteiger partial charge >= 0.3 is 6.03 Å². The van der Waals surface area contributed by atoms with Crippen LogP contribution >= 0.6 is 0 Å². The first-order valence-corrected chi connectivity index (χ1v) is 7.10. The molecule has 1 unspecified atom stereocenters. The minimum atomic E-state index is -0.0355. The Hall–Kier alpha value is -1.75. The van der Waals surface area contributed by atoms with Crippen LogP contribution < -0.4 is 5.32 Å². The van der Waals surface area contributed by atoms with Gasteiger partial charge in [0.15, 0.2) is 0 Å². The molecule has 1 saturated heterocycles. The van der Waals surface area contributed by atoms with Crippen LogP contribution in [0.2, 0.25) is 0 Å². The van der Waals surface area contributed by atoms with Gasteiger partial charge in [-0.3, -0.25) is 0 Å². The number of hydrogen-bond donors (Lipinski definition) is 3. The van der Waals surface area contributed by atoms with E-state index in [0.29, 0.717) is 13.1 Å². The van der Waals surface area contributed by atoms with Gasteiger partial charge in [0.25, 0.3) is 0 Å². The fourth-order valence-corrected chi connectivity index (χ4v) is 2.43. The van der Waals surface area contributed by atoms with Crippen molar-refractivity contribution in [3.05, 3.63) is 29.8 Å². The third kappa shape index (κ3) is 4.13. The van der Waals surface area contributed by atoms with Gasteiger partial charge < -0.3 is 20.4 Å². The molecule has 2 rings (SSSR count). The molecule has 1 aliphatic rings. The minimum Gasteiger partial charge on any atom is -0.508 e. The Labute approximate surface area is 119 Å². The number of nitrogens with zero attached hydrogens (tertiary/aromatic N) is 1. The van der Waals surface area contributed by atoms with E-state index < -0.39 is 0 Å². The van der Waals surface area contributed by atoms with Crippen LogP contribution in [0.25, 0.3) is 0 Å². The average molecular weight is 278 g/mol. The SMILES string of the molecule is O=C(NCCCc1ccc(O)cc1)N1CCC(CO)C1. The average Bonchev–Trinajstić information content (AvgIpc) is 2.94. The van der Waals surface area contributed by atoms with E-state index in [2.05, 4.69) is 5.32 Å². The number of carbonyl (C=O) groups excluding carboxylic acids is 1. The normalized spacial score (nSPS) is 18.2. The number of hydrogen-bond acceptors (Lipinski definition) is 3. The number of carbonyl (C=O) groups is 1. The number of aromatic hydroxyl groups is 1. The van der Waals surface area contributed by atoms with Crippen molar-refractivity contribution in [2.45, 2.75) is 19.3 Å². The quantitative estimate of drug-likeness (QED) is 0.712. The second-order valence-electron chi connectivity index (χ2n) is 5.29. The van der Waals surface area contributed by atoms with E-state index in [1.54, 1.807) is 17.0 Å². The molecule has 3 N–H and O–H groups in total. The number of aliphatic hydroxyl groups is 1. The molecule has 0 aliphatic carbocycles. The van der Waals surface area contributed by atoms with Crippen molar-refractivity contribution < 1.29 is 15.0 Å². The monoisotopic (exact) mass is 278 g/mol. The van der Waals surface area contributed by atoms with Crippen molar-refractivity contribution in [2.24, 2.45) is 5.92 Å². The molecule has 1 aromatic rings. The van der Waals surface area contributed by atoms with Gasteiger partial charge in [0.2, 0.25) is 0 Å². The predicted octanol–water partition coefficient (Wildman–Crippen LogP) is 1.35. The van der Waals surface area contributed by atoms with E-state index in [9.17, 15) is 9.90 Å². The molecule has 20 heavy (non-hydrogen) atoms. The first kappa shape index (κ1) is 14.7. The Balaban J connectivity index is 1.63. The van der Waals surface area contributed by atoms with Gasteiger partial charge in [0.05, 0.1) is 0 Å². The molecular formula is C15H22N2O3. The van der Waals surface area contributed by atoms with E-state index >= 15 is 0 Å². The highest BCUT2D eigenvalue weighted by Gasteiger charge is 2.25. The highest BCUT2D eigenvalue weighted by Crippen LogP contribution is 2.15. The summed E-state index contributed by atoms with van der Waals surface area (Å²) in [5, 5.41) is 21.1. The number of phenolic OH excluding ortho intramolecular Hbond substituents is 1. The molecule has 1 atom stereocenters. The summed E-state index contributed by atoms with van der Waals surface area (Å²) in [6.45, 7) is 2.18. The standard InChI is InChI=1S/C15H22N2O3/c18-11-13-7-9-17(10-13)15(20)16-8-1-2-12-3-5-14(19)6-4-12/h3-6,13,18-19H,1-2,7-11H2,(H,16,20). The van der Waals surface area contributed by atoms with Gasteiger partial charge in [0.1, 0.15) is 5.75 Å². The van der Waals surface area contributed by atoms with Gasteiger partial charge in [-0.15, -0.1) is 0 Å². The maximum Gasteiger partial charge on any atom is 0.317 e. The largest absolute Gasteiger partial charge is 0.508 e. The maximum absolute atomic E-state index is 11.9. The number of urea groups is 1. The third-order valence-corrected chi connectivity index (χ3v) is 3.69. The number of amides is 2. The molecule has 1 aliphatic heterocycles. The van der Waals surface area contributed by atoms with Crippen LogP contribution in [-0.4, -0.2) is 47.4 Å². The van der Waals surface area contributed by atoms with E-state index in [1.165, 1.54) is 0 Å². The van der Waals surface area contributed by atoms with E-state index in [4.69, 9.17) is 5.11 Å². The topological polar surface area (TPSA) is 72.8 Å². The van der Waals surface area contributed by atoms with Crippen LogP contribution in [-0.2, 0) is 6.42 Å². The second-order valence-corrected chi connectivity index (χ2v) is 5.29. The summed E-state index contributed by atoms with van der Waals surface area (Å²) in [6.07, 6.45) is 2.63. The first-order valence-electron chi connectivity index (χ1n) is 7.10. The summed E-state index contributed by atoms with van der Waals surface area (Å²) >= 11 is 0. The van der Waals surface area contributed by atoms with Gasteiger partial charge in [-0.25, -0.2) is 4.79 Å². The lowest BCUT2D eigenvalue weighted by molar-refractivity contribution is 0.198.